The highest BCUT2D eigenvalue weighted by molar-refractivity contribution is 7.46. The molecular weight excluding hydrogens is 675 g/mol. The van der Waals surface area contributed by atoms with E-state index in [2.05, 4.69) is 103 Å². The van der Waals surface area contributed by atoms with Gasteiger partial charge in [-0.15, -0.1) is 0 Å². The number of carbonyl (C=O) groups is 2. The Balaban J connectivity index is 4.13. The normalized spacial score (nSPS) is 13.5. The molecule has 0 amide bonds. The summed E-state index contributed by atoms with van der Waals surface area (Å²) in [6.07, 6.45) is 51.3. The largest absolute Gasteiger partial charge is 0.469 e. The van der Waals surface area contributed by atoms with Crippen LogP contribution in [-0.4, -0.2) is 41.0 Å². The highest BCUT2D eigenvalue weighted by atomic mass is 31.2. The Morgan fingerprint density at radius 2 is 0.942 bits per heavy atom. The second kappa shape index (κ2) is 37.7. The van der Waals surface area contributed by atoms with Crippen molar-refractivity contribution in [2.75, 3.05) is 13.2 Å². The molecule has 0 aromatic heterocycles. The standard InChI is InChI=1S/C43H69O8P/c1-3-5-7-9-11-13-15-17-19-21-23-25-27-29-31-33-35-37-42(44)49-39-41(40-50-52(46,47)48)51-43(45)38-36-34-32-30-28-26-24-22-20-18-16-14-12-10-8-6-4-2/h5,7,11-14,17-20,23-26,30,32,41H,3-4,6,8-10,15-16,21-22,27-29,31,33-40H2,1-2H3,(H2,46,47,48)/b7-5-,13-11-,14-12-,19-17-,20-18-,25-23-,26-24-,32-30-/t41-/m1/s1. The number of hydrogen-bond acceptors (Lipinski definition) is 6. The maximum Gasteiger partial charge on any atom is 0.469 e. The van der Waals surface area contributed by atoms with E-state index in [1.54, 1.807) is 0 Å². The van der Waals surface area contributed by atoms with Crippen molar-refractivity contribution < 1.29 is 37.9 Å². The number of rotatable bonds is 34. The van der Waals surface area contributed by atoms with E-state index in [1.165, 1.54) is 19.3 Å². The summed E-state index contributed by atoms with van der Waals surface area (Å²) in [5, 5.41) is 0. The van der Waals surface area contributed by atoms with Crippen molar-refractivity contribution in [2.24, 2.45) is 0 Å². The van der Waals surface area contributed by atoms with Crippen LogP contribution in [0.1, 0.15) is 142 Å². The lowest BCUT2D eigenvalue weighted by atomic mass is 10.1. The molecule has 0 rings (SSSR count). The molecule has 52 heavy (non-hydrogen) atoms. The number of hydrogen-bond donors (Lipinski definition) is 2. The molecule has 0 bridgehead atoms. The summed E-state index contributed by atoms with van der Waals surface area (Å²) in [6, 6.07) is 0. The van der Waals surface area contributed by atoms with Gasteiger partial charge in [0.05, 0.1) is 6.61 Å². The molecule has 0 radical (unpaired) electrons. The van der Waals surface area contributed by atoms with Gasteiger partial charge in [-0.2, -0.15) is 0 Å². The fraction of sp³-hybridized carbons (Fsp3) is 0.581. The van der Waals surface area contributed by atoms with Gasteiger partial charge in [-0.25, -0.2) is 4.57 Å². The van der Waals surface area contributed by atoms with Crippen molar-refractivity contribution >= 4 is 19.8 Å². The third kappa shape index (κ3) is 39.8. The first-order valence-corrected chi connectivity index (χ1v) is 21.1. The Kier molecular flexibility index (Phi) is 35.5. The molecule has 0 aromatic rings. The van der Waals surface area contributed by atoms with Gasteiger partial charge in [0.1, 0.15) is 6.61 Å². The fourth-order valence-corrected chi connectivity index (χ4v) is 5.07. The quantitative estimate of drug-likeness (QED) is 0.0289. The fourth-order valence-electron chi connectivity index (χ4n) is 4.71. The Morgan fingerprint density at radius 3 is 1.42 bits per heavy atom. The van der Waals surface area contributed by atoms with E-state index in [4.69, 9.17) is 19.3 Å². The van der Waals surface area contributed by atoms with E-state index in [0.29, 0.717) is 19.3 Å². The summed E-state index contributed by atoms with van der Waals surface area (Å²) in [5.41, 5.74) is 0. The summed E-state index contributed by atoms with van der Waals surface area (Å²) in [7, 11) is -4.78. The van der Waals surface area contributed by atoms with Gasteiger partial charge in [0.2, 0.25) is 0 Å². The summed E-state index contributed by atoms with van der Waals surface area (Å²) < 4.78 is 26.3. The number of phosphoric ester groups is 1. The van der Waals surface area contributed by atoms with E-state index >= 15 is 0 Å². The minimum atomic E-state index is -4.78. The lowest BCUT2D eigenvalue weighted by Crippen LogP contribution is -2.29. The Morgan fingerprint density at radius 1 is 0.519 bits per heavy atom. The smallest absolute Gasteiger partial charge is 0.462 e. The molecule has 9 heteroatoms. The third-order valence-corrected chi connectivity index (χ3v) is 8.07. The van der Waals surface area contributed by atoms with Crippen LogP contribution in [0.25, 0.3) is 0 Å². The molecule has 2 N–H and O–H groups in total. The van der Waals surface area contributed by atoms with Crippen molar-refractivity contribution in [1.29, 1.82) is 0 Å². The van der Waals surface area contributed by atoms with Crippen LogP contribution in [0.5, 0.6) is 0 Å². The third-order valence-electron chi connectivity index (χ3n) is 7.59. The van der Waals surface area contributed by atoms with Gasteiger partial charge in [-0.05, 0) is 89.9 Å². The molecule has 294 valence electrons. The van der Waals surface area contributed by atoms with Crippen LogP contribution in [0.15, 0.2) is 97.2 Å². The first-order chi connectivity index (χ1) is 25.3. The first-order valence-electron chi connectivity index (χ1n) is 19.5. The summed E-state index contributed by atoms with van der Waals surface area (Å²) >= 11 is 0. The van der Waals surface area contributed by atoms with Crippen molar-refractivity contribution in [1.82, 2.24) is 0 Å². The first kappa shape index (κ1) is 49.0. The molecule has 0 aliphatic heterocycles. The number of esters is 2. The van der Waals surface area contributed by atoms with Crippen LogP contribution >= 0.6 is 7.82 Å². The van der Waals surface area contributed by atoms with Crippen molar-refractivity contribution in [3.05, 3.63) is 97.2 Å². The van der Waals surface area contributed by atoms with E-state index in [9.17, 15) is 14.2 Å². The van der Waals surface area contributed by atoms with Gasteiger partial charge < -0.3 is 19.3 Å². The minimum Gasteiger partial charge on any atom is -0.462 e. The van der Waals surface area contributed by atoms with Crippen LogP contribution in [-0.2, 0) is 28.2 Å². The molecule has 0 unspecified atom stereocenters. The van der Waals surface area contributed by atoms with E-state index < -0.39 is 32.5 Å². The van der Waals surface area contributed by atoms with Crippen LogP contribution < -0.4 is 0 Å². The minimum absolute atomic E-state index is 0.124. The monoisotopic (exact) mass is 744 g/mol. The van der Waals surface area contributed by atoms with Crippen LogP contribution in [0.4, 0.5) is 0 Å². The molecule has 0 heterocycles. The molecule has 0 aromatic carbocycles. The van der Waals surface area contributed by atoms with Gasteiger partial charge >= 0.3 is 19.8 Å². The number of phosphoric acid groups is 1. The number of unbranched alkanes of at least 4 members (excludes halogenated alkanes) is 8. The van der Waals surface area contributed by atoms with E-state index in [1.807, 2.05) is 12.2 Å². The Hall–Kier alpha value is -3.03. The SMILES string of the molecule is CC/C=C\C/C=C\C/C=C\C/C=C\CCCCCCC(=O)OC[C@H](COP(=O)(O)O)OC(=O)CCC/C=C\C/C=C\C/C=C\C/C=C\CCCCC. The van der Waals surface area contributed by atoms with Gasteiger partial charge in [-0.1, -0.05) is 137 Å². The number of allylic oxidation sites excluding steroid dienone is 16. The van der Waals surface area contributed by atoms with Crippen LogP contribution in [0.3, 0.4) is 0 Å². The summed E-state index contributed by atoms with van der Waals surface area (Å²) in [6.45, 7) is 3.45. The molecular formula is C43H69O8P. The predicted octanol–water partition coefficient (Wildman–Crippen LogP) is 11.8. The molecule has 0 spiro atoms. The highest BCUT2D eigenvalue weighted by Crippen LogP contribution is 2.35. The maximum atomic E-state index is 12.4. The predicted molar refractivity (Wildman–Crippen MR) is 216 cm³/mol. The molecule has 1 atom stereocenters. The second-order valence-electron chi connectivity index (χ2n) is 12.5. The van der Waals surface area contributed by atoms with Gasteiger partial charge in [-0.3, -0.25) is 14.1 Å². The Bertz CT molecular complexity index is 1160. The van der Waals surface area contributed by atoms with Gasteiger partial charge in [0.15, 0.2) is 6.10 Å². The zero-order chi connectivity index (χ0) is 38.2. The summed E-state index contributed by atoms with van der Waals surface area (Å²) in [5.74, 6) is -0.990. The Labute approximate surface area is 315 Å². The van der Waals surface area contributed by atoms with Gasteiger partial charge in [0, 0.05) is 12.8 Å². The topological polar surface area (TPSA) is 119 Å². The number of carbonyl (C=O) groups excluding carboxylic acids is 2. The average Bonchev–Trinajstić information content (AvgIpc) is 3.11. The second-order valence-corrected chi connectivity index (χ2v) is 13.8. The zero-order valence-electron chi connectivity index (χ0n) is 32.2. The van der Waals surface area contributed by atoms with Crippen molar-refractivity contribution in [3.63, 3.8) is 0 Å². The average molecular weight is 745 g/mol. The number of ether oxygens (including phenoxy) is 2. The van der Waals surface area contributed by atoms with Gasteiger partial charge in [0.25, 0.3) is 0 Å². The van der Waals surface area contributed by atoms with E-state index in [-0.39, 0.29) is 19.4 Å². The lowest BCUT2D eigenvalue weighted by Gasteiger charge is -2.18. The van der Waals surface area contributed by atoms with Crippen molar-refractivity contribution in [3.8, 4) is 0 Å². The molecule has 0 saturated carbocycles. The van der Waals surface area contributed by atoms with Crippen LogP contribution in [0, 0.1) is 0 Å². The van der Waals surface area contributed by atoms with Crippen LogP contribution in [0.2, 0.25) is 0 Å². The summed E-state index contributed by atoms with van der Waals surface area (Å²) in [4.78, 5) is 42.7. The molecule has 0 fully saturated rings. The molecule has 0 aliphatic carbocycles. The molecule has 0 saturated heterocycles. The molecule has 0 aliphatic rings. The lowest BCUT2D eigenvalue weighted by molar-refractivity contribution is -0.161. The highest BCUT2D eigenvalue weighted by Gasteiger charge is 2.22. The zero-order valence-corrected chi connectivity index (χ0v) is 33.1. The maximum absolute atomic E-state index is 12.4. The molecule has 8 nitrogen and oxygen atoms in total. The van der Waals surface area contributed by atoms with Crippen molar-refractivity contribution in [2.45, 2.75) is 148 Å². The van der Waals surface area contributed by atoms with E-state index in [0.717, 1.165) is 77.0 Å².